The first-order valence-corrected chi connectivity index (χ1v) is 11.5. The Kier molecular flexibility index (Phi) is 6.69. The SMILES string of the molecule is CN1CCN(C(=O)[C@H]2CCCN(S(=O)(=O)Cc3ccc(Cl)cc3Cl)C2)CC1. The van der Waals surface area contributed by atoms with Crippen LogP contribution in [0.4, 0.5) is 0 Å². The van der Waals surface area contributed by atoms with Crippen LogP contribution in [0.2, 0.25) is 10.0 Å². The van der Waals surface area contributed by atoms with E-state index >= 15 is 0 Å². The Balaban J connectivity index is 1.66. The molecule has 0 aromatic heterocycles. The van der Waals surface area contributed by atoms with E-state index in [0.717, 1.165) is 19.5 Å². The molecule has 0 radical (unpaired) electrons. The van der Waals surface area contributed by atoms with Crippen molar-refractivity contribution in [2.75, 3.05) is 46.3 Å². The Labute approximate surface area is 171 Å². The van der Waals surface area contributed by atoms with E-state index in [1.807, 2.05) is 11.9 Å². The highest BCUT2D eigenvalue weighted by atomic mass is 35.5. The Morgan fingerprint density at radius 1 is 1.15 bits per heavy atom. The van der Waals surface area contributed by atoms with Crippen molar-refractivity contribution in [2.45, 2.75) is 18.6 Å². The minimum atomic E-state index is -3.55. The average Bonchev–Trinajstić information content (AvgIpc) is 2.64. The van der Waals surface area contributed by atoms with Gasteiger partial charge in [-0.2, -0.15) is 0 Å². The van der Waals surface area contributed by atoms with Crippen LogP contribution in [0.25, 0.3) is 0 Å². The molecule has 2 heterocycles. The van der Waals surface area contributed by atoms with Gasteiger partial charge in [-0.05, 0) is 37.6 Å². The van der Waals surface area contributed by atoms with Crippen LogP contribution in [-0.4, -0.2) is 74.7 Å². The number of likely N-dealkylation sites (N-methyl/N-ethyl adjacent to an activating group) is 1. The summed E-state index contributed by atoms with van der Waals surface area (Å²) >= 11 is 12.0. The second kappa shape index (κ2) is 8.66. The number of piperazine rings is 1. The summed E-state index contributed by atoms with van der Waals surface area (Å²) in [5.41, 5.74) is 0.522. The van der Waals surface area contributed by atoms with Gasteiger partial charge in [-0.15, -0.1) is 0 Å². The van der Waals surface area contributed by atoms with Crippen molar-refractivity contribution in [3.63, 3.8) is 0 Å². The molecule has 1 aromatic carbocycles. The molecule has 3 rings (SSSR count). The Bertz CT molecular complexity index is 795. The lowest BCUT2D eigenvalue weighted by Crippen LogP contribution is -2.52. The summed E-state index contributed by atoms with van der Waals surface area (Å²) < 4.78 is 27.2. The van der Waals surface area contributed by atoms with Gasteiger partial charge in [0, 0.05) is 49.3 Å². The van der Waals surface area contributed by atoms with Crippen LogP contribution in [0.1, 0.15) is 18.4 Å². The molecule has 2 fully saturated rings. The van der Waals surface area contributed by atoms with Gasteiger partial charge in [-0.1, -0.05) is 29.3 Å². The summed E-state index contributed by atoms with van der Waals surface area (Å²) in [6.07, 6.45) is 1.43. The van der Waals surface area contributed by atoms with Crippen LogP contribution in [-0.2, 0) is 20.6 Å². The van der Waals surface area contributed by atoms with Crippen molar-refractivity contribution in [1.29, 1.82) is 0 Å². The van der Waals surface area contributed by atoms with Crippen molar-refractivity contribution in [3.8, 4) is 0 Å². The molecule has 2 aliphatic heterocycles. The van der Waals surface area contributed by atoms with E-state index in [0.29, 0.717) is 41.7 Å². The average molecular weight is 434 g/mol. The number of benzene rings is 1. The fourth-order valence-electron chi connectivity index (χ4n) is 3.61. The van der Waals surface area contributed by atoms with Gasteiger partial charge in [-0.25, -0.2) is 12.7 Å². The van der Waals surface area contributed by atoms with Gasteiger partial charge in [0.2, 0.25) is 15.9 Å². The van der Waals surface area contributed by atoms with Crippen molar-refractivity contribution in [1.82, 2.24) is 14.1 Å². The lowest BCUT2D eigenvalue weighted by Gasteiger charge is -2.37. The van der Waals surface area contributed by atoms with Crippen LogP contribution in [0, 0.1) is 5.92 Å². The third-order valence-corrected chi connectivity index (χ3v) is 7.68. The Morgan fingerprint density at radius 2 is 1.85 bits per heavy atom. The van der Waals surface area contributed by atoms with E-state index < -0.39 is 10.0 Å². The number of piperidine rings is 1. The van der Waals surface area contributed by atoms with Crippen molar-refractivity contribution < 1.29 is 13.2 Å². The van der Waals surface area contributed by atoms with Gasteiger partial charge in [0.25, 0.3) is 0 Å². The first-order chi connectivity index (χ1) is 12.8. The maximum atomic E-state index is 12.9. The molecule has 1 aromatic rings. The van der Waals surface area contributed by atoms with Gasteiger partial charge < -0.3 is 9.80 Å². The van der Waals surface area contributed by atoms with Gasteiger partial charge in [-0.3, -0.25) is 4.79 Å². The highest BCUT2D eigenvalue weighted by Gasteiger charge is 2.35. The maximum absolute atomic E-state index is 12.9. The largest absolute Gasteiger partial charge is 0.340 e. The number of hydrogen-bond donors (Lipinski definition) is 0. The quantitative estimate of drug-likeness (QED) is 0.730. The summed E-state index contributed by atoms with van der Waals surface area (Å²) in [5.74, 6) is -0.372. The monoisotopic (exact) mass is 433 g/mol. The zero-order chi connectivity index (χ0) is 19.6. The molecule has 2 aliphatic rings. The third-order valence-electron chi connectivity index (χ3n) is 5.29. The lowest BCUT2D eigenvalue weighted by molar-refractivity contribution is -0.138. The van der Waals surface area contributed by atoms with Crippen molar-refractivity contribution >= 4 is 39.1 Å². The van der Waals surface area contributed by atoms with Gasteiger partial charge in [0.15, 0.2) is 0 Å². The van der Waals surface area contributed by atoms with E-state index in [4.69, 9.17) is 23.2 Å². The predicted octanol–water partition coefficient (Wildman–Crippen LogP) is 2.31. The smallest absolute Gasteiger partial charge is 0.227 e. The number of carbonyl (C=O) groups is 1. The van der Waals surface area contributed by atoms with Crippen LogP contribution < -0.4 is 0 Å². The third kappa shape index (κ3) is 5.15. The predicted molar refractivity (Wildman–Crippen MR) is 107 cm³/mol. The molecule has 0 spiro atoms. The minimum absolute atomic E-state index is 0.0764. The molecule has 0 aliphatic carbocycles. The van der Waals surface area contributed by atoms with E-state index in [1.165, 1.54) is 4.31 Å². The molecule has 0 N–H and O–H groups in total. The molecule has 27 heavy (non-hydrogen) atoms. The number of halogens is 2. The highest BCUT2D eigenvalue weighted by molar-refractivity contribution is 7.88. The zero-order valence-corrected chi connectivity index (χ0v) is 17.7. The van der Waals surface area contributed by atoms with Crippen molar-refractivity contribution in [2.24, 2.45) is 5.92 Å². The second-order valence-electron chi connectivity index (χ2n) is 7.32. The Hall–Kier alpha value is -0.860. The topological polar surface area (TPSA) is 60.9 Å². The van der Waals surface area contributed by atoms with E-state index in [1.54, 1.807) is 18.2 Å². The summed E-state index contributed by atoms with van der Waals surface area (Å²) in [7, 11) is -1.51. The van der Waals surface area contributed by atoms with Gasteiger partial charge >= 0.3 is 0 Å². The minimum Gasteiger partial charge on any atom is -0.340 e. The number of nitrogens with zero attached hydrogens (tertiary/aromatic N) is 3. The zero-order valence-electron chi connectivity index (χ0n) is 15.4. The first kappa shape index (κ1) is 20.9. The summed E-state index contributed by atoms with van der Waals surface area (Å²) in [5, 5.41) is 0.810. The van der Waals surface area contributed by atoms with E-state index in [2.05, 4.69) is 4.90 Å². The standard InChI is InChI=1S/C18H25Cl2N3O3S/c1-21-7-9-22(10-8-21)18(24)14-3-2-6-23(12-14)27(25,26)13-15-4-5-16(19)11-17(15)20/h4-5,11,14H,2-3,6-10,12-13H2,1H3/t14-/m0/s1. The number of hydrogen-bond acceptors (Lipinski definition) is 4. The van der Waals surface area contributed by atoms with Crippen LogP contribution >= 0.6 is 23.2 Å². The summed E-state index contributed by atoms with van der Waals surface area (Å²) in [6.45, 7) is 3.82. The van der Waals surface area contributed by atoms with Crippen molar-refractivity contribution in [3.05, 3.63) is 33.8 Å². The fraction of sp³-hybridized carbons (Fsp3) is 0.611. The molecule has 1 atom stereocenters. The van der Waals surface area contributed by atoms with Crippen LogP contribution in [0.5, 0.6) is 0 Å². The molecule has 6 nitrogen and oxygen atoms in total. The molecule has 0 bridgehead atoms. The molecule has 150 valence electrons. The summed E-state index contributed by atoms with van der Waals surface area (Å²) in [4.78, 5) is 16.9. The normalized spacial score (nSPS) is 22.8. The van der Waals surface area contributed by atoms with E-state index in [-0.39, 0.29) is 24.1 Å². The summed E-state index contributed by atoms with van der Waals surface area (Å²) in [6, 6.07) is 4.82. The molecular weight excluding hydrogens is 409 g/mol. The maximum Gasteiger partial charge on any atom is 0.227 e. The van der Waals surface area contributed by atoms with Crippen LogP contribution in [0.15, 0.2) is 18.2 Å². The molecule has 0 unspecified atom stereocenters. The first-order valence-electron chi connectivity index (χ1n) is 9.15. The molecule has 0 saturated carbocycles. The Morgan fingerprint density at radius 3 is 2.52 bits per heavy atom. The fourth-order valence-corrected chi connectivity index (χ4v) is 5.80. The highest BCUT2D eigenvalue weighted by Crippen LogP contribution is 2.27. The van der Waals surface area contributed by atoms with Gasteiger partial charge in [0.1, 0.15) is 0 Å². The number of amides is 1. The molecular formula is C18H25Cl2N3O3S. The number of sulfonamides is 1. The van der Waals surface area contributed by atoms with Crippen LogP contribution in [0.3, 0.4) is 0 Å². The number of rotatable bonds is 4. The second-order valence-corrected chi connectivity index (χ2v) is 10.1. The lowest BCUT2D eigenvalue weighted by atomic mass is 9.98. The van der Waals surface area contributed by atoms with E-state index in [9.17, 15) is 13.2 Å². The molecule has 9 heteroatoms. The molecule has 2 saturated heterocycles. The van der Waals surface area contributed by atoms with Gasteiger partial charge in [0.05, 0.1) is 11.7 Å². The molecule has 1 amide bonds. The number of carbonyl (C=O) groups excluding carboxylic acids is 1.